The Morgan fingerprint density at radius 3 is 1.09 bits per heavy atom. The molecule has 0 amide bonds. The first-order valence-corrected chi connectivity index (χ1v) is 5.77. The van der Waals surface area contributed by atoms with Crippen molar-refractivity contribution in [3.8, 4) is 0 Å². The van der Waals surface area contributed by atoms with Gasteiger partial charge in [-0.15, -0.1) is 0 Å². The predicted molar refractivity (Wildman–Crippen MR) is 82.1 cm³/mol. The van der Waals surface area contributed by atoms with Crippen molar-refractivity contribution in [2.45, 2.75) is 41.0 Å². The molecule has 0 fully saturated rings. The van der Waals surface area contributed by atoms with Gasteiger partial charge in [0.1, 0.15) is 0 Å². The van der Waals surface area contributed by atoms with Crippen LogP contribution in [-0.2, 0) is 19.5 Å². The molecule has 0 spiro atoms. The van der Waals surface area contributed by atoms with Gasteiger partial charge < -0.3 is 61.7 Å². The molecule has 0 unspecified atom stereocenters. The summed E-state index contributed by atoms with van der Waals surface area (Å²) in [5.74, 6) is 0. The maximum atomic E-state index is 9.63. The van der Waals surface area contributed by atoms with Gasteiger partial charge in [0.25, 0.3) is 0 Å². The van der Waals surface area contributed by atoms with Gasteiger partial charge >= 0.3 is 19.5 Å². The van der Waals surface area contributed by atoms with Crippen molar-refractivity contribution < 1.29 is 54.7 Å². The maximum absolute atomic E-state index is 9.63. The molecule has 4 N–H and O–H groups in total. The minimum Gasteiger partial charge on any atom is -1.00 e. The molecule has 12 heteroatoms. The van der Waals surface area contributed by atoms with E-state index in [1.165, 1.54) is 27.7 Å². The Kier molecular flexibility index (Phi) is 48.0. The minimum absolute atomic E-state index is 0. The summed E-state index contributed by atoms with van der Waals surface area (Å²) in [5, 5.41) is 45.8. The summed E-state index contributed by atoms with van der Waals surface area (Å²) in [7, 11) is 0. The van der Waals surface area contributed by atoms with E-state index in [9.17, 15) is 10.4 Å². The van der Waals surface area contributed by atoms with Crippen LogP contribution < -0.4 is 30.5 Å². The Bertz CT molecular complexity index is 300. The predicted octanol–water partition coefficient (Wildman–Crippen LogP) is -4.05. The van der Waals surface area contributed by atoms with Crippen molar-refractivity contribution in [3.63, 3.8) is 0 Å². The van der Waals surface area contributed by atoms with Gasteiger partial charge in [-0.3, -0.25) is 0 Å². The third kappa shape index (κ3) is 29.6. The Labute approximate surface area is 162 Å². The van der Waals surface area contributed by atoms with Crippen LogP contribution in [0.25, 0.3) is 0 Å². The summed E-state index contributed by atoms with van der Waals surface area (Å²) in [5.41, 5.74) is 5.93. The van der Waals surface area contributed by atoms with Crippen molar-refractivity contribution in [2.24, 2.45) is 26.4 Å². The van der Waals surface area contributed by atoms with Crippen LogP contribution in [0.15, 0.2) is 20.6 Å². The molecule has 0 aromatic carbocycles. The number of halogens is 2. The van der Waals surface area contributed by atoms with E-state index in [-0.39, 0.29) is 67.1 Å². The van der Waals surface area contributed by atoms with Crippen LogP contribution >= 0.6 is 0 Å². The monoisotopic (exact) mass is 462 g/mol. The molecule has 0 aliphatic heterocycles. The van der Waals surface area contributed by atoms with Crippen LogP contribution in [0.2, 0.25) is 0 Å². The number of oxime groups is 2. The summed E-state index contributed by atoms with van der Waals surface area (Å²) in [6, 6.07) is 0. The van der Waals surface area contributed by atoms with Gasteiger partial charge in [0.2, 0.25) is 0 Å². The van der Waals surface area contributed by atoms with Gasteiger partial charge in [-0.05, 0) is 40.7 Å². The molecule has 0 bridgehead atoms. The number of nitrogens with two attached hydrogens (primary N) is 1. The Morgan fingerprint density at radius 1 is 0.826 bits per heavy atom. The number of nitrogens with zero attached hydrogens (tertiary/aromatic N) is 4. The van der Waals surface area contributed by atoms with Gasteiger partial charge in [0.15, 0.2) is 0 Å². The first kappa shape index (κ1) is 37.9. The average Bonchev–Trinajstić information content (AvgIpc) is 2.52. The second kappa shape index (κ2) is 29.1. The second-order valence-electron chi connectivity index (χ2n) is 3.51. The van der Waals surface area contributed by atoms with Gasteiger partial charge in [-0.1, -0.05) is 17.2 Å². The SMILES string of the molecule is CC(=N\[O-])/C(C)=N/O.CC(=N\[O-])/C(C)=N/O.CCCN.[Cl-].[Cl-].[Rh+3]. The minimum atomic E-state index is 0. The fraction of sp³-hybridized carbons (Fsp3) is 0.636. The van der Waals surface area contributed by atoms with Crippen LogP contribution in [-0.4, -0.2) is 39.8 Å². The van der Waals surface area contributed by atoms with Crippen molar-refractivity contribution in [1.82, 2.24) is 0 Å². The molecule has 23 heavy (non-hydrogen) atoms. The molecule has 0 saturated carbocycles. The molecule has 140 valence electrons. The standard InChI is InChI=1S/2C4H8N2O2.C3H9N.2ClH.Rh/c2*1-3(5-7)4(2)6-8;1-2-3-4;;;/h2*7-8H,1-2H3;2-4H2,1H3;2*1H;/q;;;;;+3/p-4/b2*5-3+,6-4+;;;;. The Hall–Kier alpha value is -0.957. The first-order valence-electron chi connectivity index (χ1n) is 5.77. The molecule has 0 rings (SSSR count). The van der Waals surface area contributed by atoms with E-state index in [0.717, 1.165) is 13.0 Å². The zero-order valence-electron chi connectivity index (χ0n) is 13.6. The van der Waals surface area contributed by atoms with Crippen LogP contribution in [0.1, 0.15) is 41.0 Å². The Morgan fingerprint density at radius 2 is 1.04 bits per heavy atom. The second-order valence-corrected chi connectivity index (χ2v) is 3.51. The van der Waals surface area contributed by atoms with E-state index in [2.05, 4.69) is 27.5 Å². The maximum Gasteiger partial charge on any atom is 3.00 e. The largest absolute Gasteiger partial charge is 3.00 e. The molecule has 0 aliphatic carbocycles. The van der Waals surface area contributed by atoms with Crippen LogP contribution in [0.4, 0.5) is 0 Å². The fourth-order valence-corrected chi connectivity index (χ4v) is 0.277. The van der Waals surface area contributed by atoms with Crippen molar-refractivity contribution in [3.05, 3.63) is 10.4 Å². The molecule has 0 atom stereocenters. The summed E-state index contributed by atoms with van der Waals surface area (Å²) < 4.78 is 0. The molecule has 0 aliphatic rings. The molecule has 0 aromatic heterocycles. The van der Waals surface area contributed by atoms with Crippen LogP contribution in [0.3, 0.4) is 0 Å². The van der Waals surface area contributed by atoms with E-state index in [0.29, 0.717) is 0 Å². The van der Waals surface area contributed by atoms with Gasteiger partial charge in [-0.25, -0.2) is 0 Å². The zero-order chi connectivity index (χ0) is 16.6. The Balaban J connectivity index is -0.0000000464. The molecule has 0 heterocycles. The summed E-state index contributed by atoms with van der Waals surface area (Å²) in [6.45, 7) is 8.82. The molecule has 0 aromatic rings. The van der Waals surface area contributed by atoms with Crippen molar-refractivity contribution in [1.29, 1.82) is 0 Å². The van der Waals surface area contributed by atoms with E-state index in [1.54, 1.807) is 0 Å². The fourth-order valence-electron chi connectivity index (χ4n) is 0.277. The zero-order valence-corrected chi connectivity index (χ0v) is 16.7. The third-order valence-electron chi connectivity index (χ3n) is 1.91. The van der Waals surface area contributed by atoms with Crippen LogP contribution in [0.5, 0.6) is 0 Å². The van der Waals surface area contributed by atoms with Gasteiger partial charge in [0.05, 0.1) is 22.8 Å². The van der Waals surface area contributed by atoms with Crippen molar-refractivity contribution >= 4 is 22.8 Å². The van der Waals surface area contributed by atoms with E-state index in [1.807, 2.05) is 0 Å². The first-order chi connectivity index (χ1) is 9.35. The number of hydrogen-bond donors (Lipinski definition) is 3. The molecule has 0 saturated heterocycles. The summed E-state index contributed by atoms with van der Waals surface area (Å²) in [4.78, 5) is 0. The molecule has 9 nitrogen and oxygen atoms in total. The summed E-state index contributed by atoms with van der Waals surface area (Å²) in [6.07, 6.45) is 1.10. The van der Waals surface area contributed by atoms with Gasteiger partial charge in [0, 0.05) is 0 Å². The van der Waals surface area contributed by atoms with Crippen molar-refractivity contribution in [2.75, 3.05) is 6.54 Å². The number of hydrogen-bond acceptors (Lipinski definition) is 9. The number of rotatable bonds is 3. The summed E-state index contributed by atoms with van der Waals surface area (Å²) >= 11 is 0. The quantitative estimate of drug-likeness (QED) is 0.168. The van der Waals surface area contributed by atoms with Gasteiger partial charge in [-0.2, -0.15) is 0 Å². The molecular formula is C11H23Cl2N5O4Rh-. The normalized spacial score (nSPS) is 11.2. The van der Waals surface area contributed by atoms with E-state index < -0.39 is 0 Å². The third-order valence-corrected chi connectivity index (χ3v) is 1.91. The topological polar surface area (TPSA) is 162 Å². The smallest absolute Gasteiger partial charge is 1.00 e. The van der Waals surface area contributed by atoms with E-state index in [4.69, 9.17) is 16.1 Å². The van der Waals surface area contributed by atoms with E-state index >= 15 is 0 Å². The molecule has 0 radical (unpaired) electrons. The average molecular weight is 463 g/mol. The molecular weight excluding hydrogens is 440 g/mol. The van der Waals surface area contributed by atoms with Crippen LogP contribution in [0, 0.1) is 10.4 Å².